The van der Waals surface area contributed by atoms with Crippen molar-refractivity contribution in [1.82, 2.24) is 14.9 Å². The van der Waals surface area contributed by atoms with Gasteiger partial charge in [-0.25, -0.2) is 4.98 Å². The summed E-state index contributed by atoms with van der Waals surface area (Å²) in [6, 6.07) is -0.0343. The standard InChI is InChI=1S/C12H17BrN4O2/c1-7(2)17-5-4-9(11(17)18)15-12-14-6-8(13)10(16-12)19-3/h6-7,9H,4-5H2,1-3H3,(H,14,15,16). The number of halogens is 1. The Balaban J connectivity index is 2.08. The number of carbonyl (C=O) groups excluding carboxylic acids is 1. The molecule has 0 bridgehead atoms. The third-order valence-electron chi connectivity index (χ3n) is 3.07. The van der Waals surface area contributed by atoms with E-state index in [1.54, 1.807) is 6.20 Å². The maximum Gasteiger partial charge on any atom is 0.245 e. The minimum Gasteiger partial charge on any atom is -0.480 e. The molecule has 0 aromatic carbocycles. The molecule has 1 aromatic heterocycles. The van der Waals surface area contributed by atoms with Crippen molar-refractivity contribution in [2.75, 3.05) is 19.0 Å². The van der Waals surface area contributed by atoms with Crippen molar-refractivity contribution in [2.45, 2.75) is 32.4 Å². The molecule has 7 heteroatoms. The Kier molecular flexibility index (Phi) is 4.24. The predicted octanol–water partition coefficient (Wildman–Crippen LogP) is 1.67. The molecule has 1 aliphatic heterocycles. The zero-order valence-corrected chi connectivity index (χ0v) is 12.8. The van der Waals surface area contributed by atoms with Crippen LogP contribution in [-0.2, 0) is 4.79 Å². The number of ether oxygens (including phenoxy) is 1. The lowest BCUT2D eigenvalue weighted by molar-refractivity contribution is -0.129. The Morgan fingerprint density at radius 3 is 2.89 bits per heavy atom. The molecular weight excluding hydrogens is 312 g/mol. The lowest BCUT2D eigenvalue weighted by atomic mass is 10.2. The molecule has 2 heterocycles. The molecule has 1 saturated heterocycles. The highest BCUT2D eigenvalue weighted by Crippen LogP contribution is 2.23. The normalized spacial score (nSPS) is 19.1. The van der Waals surface area contributed by atoms with Gasteiger partial charge < -0.3 is 15.0 Å². The first-order chi connectivity index (χ1) is 9.02. The first-order valence-electron chi connectivity index (χ1n) is 6.16. The minimum absolute atomic E-state index is 0.0977. The Bertz CT molecular complexity index is 481. The van der Waals surface area contributed by atoms with Crippen LogP contribution in [0.15, 0.2) is 10.7 Å². The van der Waals surface area contributed by atoms with Crippen LogP contribution in [0, 0.1) is 0 Å². The van der Waals surface area contributed by atoms with Crippen molar-refractivity contribution in [3.8, 4) is 5.88 Å². The average molecular weight is 329 g/mol. The van der Waals surface area contributed by atoms with Crippen molar-refractivity contribution >= 4 is 27.8 Å². The second kappa shape index (κ2) is 5.73. The van der Waals surface area contributed by atoms with Crippen molar-refractivity contribution in [3.05, 3.63) is 10.7 Å². The molecule has 1 N–H and O–H groups in total. The van der Waals surface area contributed by atoms with Gasteiger partial charge in [0.2, 0.25) is 17.7 Å². The average Bonchev–Trinajstić information content (AvgIpc) is 2.73. The van der Waals surface area contributed by atoms with Crippen LogP contribution in [0.5, 0.6) is 5.88 Å². The van der Waals surface area contributed by atoms with E-state index in [4.69, 9.17) is 4.74 Å². The number of nitrogens with zero attached hydrogens (tertiary/aromatic N) is 3. The van der Waals surface area contributed by atoms with E-state index in [-0.39, 0.29) is 18.0 Å². The number of carbonyl (C=O) groups is 1. The number of rotatable bonds is 4. The number of anilines is 1. The topological polar surface area (TPSA) is 67.3 Å². The molecule has 19 heavy (non-hydrogen) atoms. The molecule has 6 nitrogen and oxygen atoms in total. The Hall–Kier alpha value is -1.37. The van der Waals surface area contributed by atoms with Crippen LogP contribution in [0.2, 0.25) is 0 Å². The lowest BCUT2D eigenvalue weighted by Gasteiger charge is -2.21. The molecule has 0 saturated carbocycles. The Morgan fingerprint density at radius 2 is 2.32 bits per heavy atom. The van der Waals surface area contributed by atoms with E-state index in [9.17, 15) is 4.79 Å². The van der Waals surface area contributed by atoms with Crippen LogP contribution >= 0.6 is 15.9 Å². The van der Waals surface area contributed by atoms with Crippen molar-refractivity contribution in [1.29, 1.82) is 0 Å². The van der Waals surface area contributed by atoms with Gasteiger partial charge in [0, 0.05) is 12.6 Å². The van der Waals surface area contributed by atoms with Crippen LogP contribution in [0.4, 0.5) is 5.95 Å². The van der Waals surface area contributed by atoms with Gasteiger partial charge in [-0.1, -0.05) is 0 Å². The van der Waals surface area contributed by atoms with Gasteiger partial charge in [0.1, 0.15) is 6.04 Å². The number of aromatic nitrogens is 2. The first-order valence-corrected chi connectivity index (χ1v) is 6.95. The van der Waals surface area contributed by atoms with Gasteiger partial charge in [0.25, 0.3) is 0 Å². The summed E-state index contributed by atoms with van der Waals surface area (Å²) in [5.74, 6) is 0.952. The van der Waals surface area contributed by atoms with Gasteiger partial charge >= 0.3 is 0 Å². The van der Waals surface area contributed by atoms with Gasteiger partial charge in [-0.15, -0.1) is 0 Å². The molecule has 2 rings (SSSR count). The summed E-state index contributed by atoms with van der Waals surface area (Å²) in [6.07, 6.45) is 2.37. The highest BCUT2D eigenvalue weighted by atomic mass is 79.9. The Labute approximate surface area is 120 Å². The van der Waals surface area contributed by atoms with E-state index >= 15 is 0 Å². The van der Waals surface area contributed by atoms with E-state index in [1.165, 1.54) is 7.11 Å². The quantitative estimate of drug-likeness (QED) is 0.910. The van der Waals surface area contributed by atoms with Crippen molar-refractivity contribution < 1.29 is 9.53 Å². The Morgan fingerprint density at radius 1 is 1.58 bits per heavy atom. The fraction of sp³-hybridized carbons (Fsp3) is 0.583. The van der Waals surface area contributed by atoms with Crippen LogP contribution in [0.3, 0.4) is 0 Å². The fourth-order valence-electron chi connectivity index (χ4n) is 2.07. The molecule has 1 atom stereocenters. The van der Waals surface area contributed by atoms with Gasteiger partial charge in [0.15, 0.2) is 0 Å². The molecule has 1 fully saturated rings. The number of nitrogens with one attached hydrogen (secondary N) is 1. The van der Waals surface area contributed by atoms with E-state index in [0.717, 1.165) is 13.0 Å². The summed E-state index contributed by atoms with van der Waals surface area (Å²) in [5.41, 5.74) is 0. The monoisotopic (exact) mass is 328 g/mol. The second-order valence-corrected chi connectivity index (χ2v) is 5.52. The number of hydrogen-bond acceptors (Lipinski definition) is 5. The molecule has 1 aliphatic rings. The summed E-state index contributed by atoms with van der Waals surface area (Å²) in [5, 5.41) is 3.06. The first kappa shape index (κ1) is 14.0. The molecule has 0 radical (unpaired) electrons. The number of hydrogen-bond donors (Lipinski definition) is 1. The van der Waals surface area contributed by atoms with E-state index < -0.39 is 0 Å². The number of amides is 1. The fourth-order valence-corrected chi connectivity index (χ4v) is 2.42. The third-order valence-corrected chi connectivity index (χ3v) is 3.62. The predicted molar refractivity (Wildman–Crippen MR) is 75.2 cm³/mol. The maximum atomic E-state index is 12.1. The molecule has 104 valence electrons. The molecule has 1 unspecified atom stereocenters. The van der Waals surface area contributed by atoms with Crippen molar-refractivity contribution in [2.24, 2.45) is 0 Å². The summed E-state index contributed by atoms with van der Waals surface area (Å²) in [7, 11) is 1.54. The molecule has 1 amide bonds. The molecule has 0 aliphatic carbocycles. The largest absolute Gasteiger partial charge is 0.480 e. The van der Waals surface area contributed by atoms with Gasteiger partial charge in [-0.2, -0.15) is 4.98 Å². The SMILES string of the molecule is COc1nc(NC2CCN(C(C)C)C2=O)ncc1Br. The number of likely N-dealkylation sites (tertiary alicyclic amines) is 1. The van der Waals surface area contributed by atoms with Crippen LogP contribution < -0.4 is 10.1 Å². The lowest BCUT2D eigenvalue weighted by Crippen LogP contribution is -2.37. The van der Waals surface area contributed by atoms with Gasteiger partial charge in [-0.05, 0) is 36.2 Å². The van der Waals surface area contributed by atoms with Gasteiger partial charge in [-0.3, -0.25) is 4.79 Å². The molecule has 1 aromatic rings. The van der Waals surface area contributed by atoms with Crippen molar-refractivity contribution in [3.63, 3.8) is 0 Å². The summed E-state index contributed by atoms with van der Waals surface area (Å²) in [6.45, 7) is 4.79. The van der Waals surface area contributed by atoms with E-state index in [0.29, 0.717) is 16.3 Å². The third kappa shape index (κ3) is 2.97. The molecule has 0 spiro atoms. The summed E-state index contributed by atoms with van der Waals surface area (Å²) in [4.78, 5) is 22.3. The van der Waals surface area contributed by atoms with Crippen LogP contribution in [0.25, 0.3) is 0 Å². The van der Waals surface area contributed by atoms with E-state index in [1.807, 2.05) is 18.7 Å². The van der Waals surface area contributed by atoms with Crippen LogP contribution in [0.1, 0.15) is 20.3 Å². The highest BCUT2D eigenvalue weighted by Gasteiger charge is 2.33. The minimum atomic E-state index is -0.256. The molecular formula is C12H17BrN4O2. The summed E-state index contributed by atoms with van der Waals surface area (Å²) < 4.78 is 5.79. The van der Waals surface area contributed by atoms with Crippen LogP contribution in [-0.4, -0.2) is 46.5 Å². The number of methoxy groups -OCH3 is 1. The highest BCUT2D eigenvalue weighted by molar-refractivity contribution is 9.10. The smallest absolute Gasteiger partial charge is 0.245 e. The second-order valence-electron chi connectivity index (χ2n) is 4.66. The zero-order valence-electron chi connectivity index (χ0n) is 11.2. The summed E-state index contributed by atoms with van der Waals surface area (Å²) >= 11 is 3.29. The van der Waals surface area contributed by atoms with E-state index in [2.05, 4.69) is 31.2 Å². The van der Waals surface area contributed by atoms with Gasteiger partial charge in [0.05, 0.1) is 17.8 Å². The maximum absolute atomic E-state index is 12.1. The zero-order chi connectivity index (χ0) is 14.0.